The molecule has 0 saturated heterocycles. The van der Waals surface area contributed by atoms with Crippen LogP contribution in [0.1, 0.15) is 32.0 Å². The lowest BCUT2D eigenvalue weighted by Gasteiger charge is -2.30. The van der Waals surface area contributed by atoms with E-state index >= 15 is 0 Å². The summed E-state index contributed by atoms with van der Waals surface area (Å²) in [5, 5.41) is 15.7. The van der Waals surface area contributed by atoms with Gasteiger partial charge in [-0.05, 0) is 20.8 Å². The number of hydrogen-bond donors (Lipinski definition) is 1. The van der Waals surface area contributed by atoms with Gasteiger partial charge in [0.1, 0.15) is 6.33 Å². The molecule has 23 heavy (non-hydrogen) atoms. The largest absolute Gasteiger partial charge is 0.378 e. The molecule has 0 radical (unpaired) electrons. The molecule has 122 valence electrons. The van der Waals surface area contributed by atoms with E-state index < -0.39 is 4.92 Å². The predicted octanol–water partition coefficient (Wildman–Crippen LogP) is 1.48. The number of rotatable bonds is 2. The van der Waals surface area contributed by atoms with Gasteiger partial charge in [-0.25, -0.2) is 9.97 Å². The number of nitrogen functional groups attached to an aromatic ring is 1. The third-order valence-corrected chi connectivity index (χ3v) is 3.88. The van der Waals surface area contributed by atoms with Crippen LogP contribution in [0, 0.1) is 10.1 Å². The Kier molecular flexibility index (Phi) is 3.42. The Morgan fingerprint density at radius 2 is 2.09 bits per heavy atom. The monoisotopic (exact) mass is 317 g/mol. The van der Waals surface area contributed by atoms with E-state index in [0.717, 1.165) is 12.0 Å². The number of aromatic nitrogens is 4. The molecule has 0 unspecified atom stereocenters. The van der Waals surface area contributed by atoms with E-state index in [0.29, 0.717) is 13.1 Å². The number of fused-ring (bicyclic) bond motifs is 1. The van der Waals surface area contributed by atoms with Crippen molar-refractivity contribution in [2.45, 2.75) is 39.3 Å². The number of nitrogens with zero attached hydrogens (tertiary/aromatic N) is 6. The zero-order chi connectivity index (χ0) is 16.8. The Labute approximate surface area is 133 Å². The van der Waals surface area contributed by atoms with Gasteiger partial charge in [0, 0.05) is 30.8 Å². The fourth-order valence-corrected chi connectivity index (χ4v) is 2.88. The van der Waals surface area contributed by atoms with Gasteiger partial charge in [0.2, 0.25) is 11.6 Å². The molecule has 0 aliphatic carbocycles. The van der Waals surface area contributed by atoms with Gasteiger partial charge in [-0.15, -0.1) is 0 Å². The van der Waals surface area contributed by atoms with E-state index in [1.54, 1.807) is 0 Å². The van der Waals surface area contributed by atoms with Crippen molar-refractivity contribution in [2.75, 3.05) is 17.2 Å². The van der Waals surface area contributed by atoms with Crippen molar-refractivity contribution in [3.63, 3.8) is 0 Å². The minimum Gasteiger partial charge on any atom is -0.378 e. The highest BCUT2D eigenvalue weighted by Crippen LogP contribution is 2.33. The Morgan fingerprint density at radius 1 is 1.35 bits per heavy atom. The summed E-state index contributed by atoms with van der Waals surface area (Å²) in [7, 11) is 0. The van der Waals surface area contributed by atoms with Crippen LogP contribution >= 0.6 is 0 Å². The van der Waals surface area contributed by atoms with Crippen LogP contribution in [-0.4, -0.2) is 31.2 Å². The van der Waals surface area contributed by atoms with Gasteiger partial charge in [-0.1, -0.05) is 0 Å². The van der Waals surface area contributed by atoms with Gasteiger partial charge in [-0.3, -0.25) is 14.8 Å². The molecule has 1 aliphatic rings. The van der Waals surface area contributed by atoms with Crippen molar-refractivity contribution in [1.29, 1.82) is 0 Å². The summed E-state index contributed by atoms with van der Waals surface area (Å²) in [6.45, 7) is 7.43. The fraction of sp³-hybridized carbons (Fsp3) is 0.500. The minimum absolute atomic E-state index is 0.0961. The SMILES string of the molecule is CC(C)(C)n1ncc2c1CCN(c1ncnc(N)c1[N+](=O)[O-])C2. The first kappa shape index (κ1) is 15.2. The second-order valence-electron chi connectivity index (χ2n) is 6.56. The maximum Gasteiger partial charge on any atom is 0.353 e. The topological polar surface area (TPSA) is 116 Å². The third kappa shape index (κ3) is 2.58. The predicted molar refractivity (Wildman–Crippen MR) is 85.1 cm³/mol. The quantitative estimate of drug-likeness (QED) is 0.658. The van der Waals surface area contributed by atoms with E-state index in [-0.39, 0.29) is 22.9 Å². The molecular weight excluding hydrogens is 298 g/mol. The lowest BCUT2D eigenvalue weighted by molar-refractivity contribution is -0.383. The van der Waals surface area contributed by atoms with Crippen molar-refractivity contribution in [2.24, 2.45) is 0 Å². The van der Waals surface area contributed by atoms with Gasteiger partial charge < -0.3 is 10.6 Å². The second-order valence-corrected chi connectivity index (χ2v) is 6.56. The summed E-state index contributed by atoms with van der Waals surface area (Å²) in [5.41, 5.74) is 7.53. The standard InChI is InChI=1S/C14H19N7O2/c1-14(2,3)20-10-4-5-19(7-9(10)6-18-20)13-11(21(22)23)12(15)16-8-17-13/h6,8H,4-5,7H2,1-3H3,(H2,15,16,17). The average molecular weight is 317 g/mol. The number of nitro groups is 1. The Hall–Kier alpha value is -2.71. The molecule has 9 nitrogen and oxygen atoms in total. The van der Waals surface area contributed by atoms with E-state index in [2.05, 4.69) is 35.8 Å². The van der Waals surface area contributed by atoms with E-state index in [1.807, 2.05) is 15.8 Å². The summed E-state index contributed by atoms with van der Waals surface area (Å²) < 4.78 is 2.02. The Balaban J connectivity index is 1.97. The summed E-state index contributed by atoms with van der Waals surface area (Å²) in [4.78, 5) is 20.4. The molecule has 3 heterocycles. The second kappa shape index (κ2) is 5.18. The molecule has 0 atom stereocenters. The number of nitrogens with two attached hydrogens (primary N) is 1. The van der Waals surface area contributed by atoms with Gasteiger partial charge in [0.25, 0.3) is 0 Å². The van der Waals surface area contributed by atoms with Crippen molar-refractivity contribution in [1.82, 2.24) is 19.7 Å². The Bertz CT molecular complexity index is 763. The van der Waals surface area contributed by atoms with Crippen molar-refractivity contribution >= 4 is 17.3 Å². The molecule has 3 rings (SSSR count). The molecule has 9 heteroatoms. The lowest BCUT2D eigenvalue weighted by atomic mass is 10.0. The zero-order valence-corrected chi connectivity index (χ0v) is 13.4. The summed E-state index contributed by atoms with van der Waals surface area (Å²) >= 11 is 0. The molecule has 0 spiro atoms. The van der Waals surface area contributed by atoms with Crippen LogP contribution in [0.25, 0.3) is 0 Å². The van der Waals surface area contributed by atoms with Gasteiger partial charge in [0.05, 0.1) is 16.7 Å². The molecule has 2 N–H and O–H groups in total. The summed E-state index contributed by atoms with van der Waals surface area (Å²) in [6, 6.07) is 0. The van der Waals surface area contributed by atoms with Crippen LogP contribution in [0.15, 0.2) is 12.5 Å². The van der Waals surface area contributed by atoms with E-state index in [4.69, 9.17) is 5.73 Å². The fourth-order valence-electron chi connectivity index (χ4n) is 2.88. The number of anilines is 2. The van der Waals surface area contributed by atoms with Crippen LogP contribution in [0.3, 0.4) is 0 Å². The van der Waals surface area contributed by atoms with Crippen LogP contribution in [0.4, 0.5) is 17.3 Å². The lowest BCUT2D eigenvalue weighted by Crippen LogP contribution is -2.34. The highest BCUT2D eigenvalue weighted by molar-refractivity contribution is 5.68. The van der Waals surface area contributed by atoms with Crippen LogP contribution in [-0.2, 0) is 18.5 Å². The summed E-state index contributed by atoms with van der Waals surface area (Å²) in [6.07, 6.45) is 3.82. The molecule has 1 aliphatic heterocycles. The molecule has 0 aromatic carbocycles. The first-order valence-corrected chi connectivity index (χ1v) is 7.35. The molecular formula is C14H19N7O2. The van der Waals surface area contributed by atoms with Crippen molar-refractivity contribution < 1.29 is 4.92 Å². The maximum absolute atomic E-state index is 11.3. The molecule has 0 fully saturated rings. The minimum atomic E-state index is -0.529. The van der Waals surface area contributed by atoms with Crippen molar-refractivity contribution in [3.05, 3.63) is 33.9 Å². The maximum atomic E-state index is 11.3. The first-order valence-electron chi connectivity index (χ1n) is 7.35. The Morgan fingerprint density at radius 3 is 2.74 bits per heavy atom. The van der Waals surface area contributed by atoms with Crippen LogP contribution < -0.4 is 10.6 Å². The highest BCUT2D eigenvalue weighted by Gasteiger charge is 2.30. The van der Waals surface area contributed by atoms with E-state index in [9.17, 15) is 10.1 Å². The molecule has 0 amide bonds. The molecule has 0 bridgehead atoms. The molecule has 2 aromatic heterocycles. The smallest absolute Gasteiger partial charge is 0.353 e. The first-order chi connectivity index (χ1) is 10.8. The van der Waals surface area contributed by atoms with E-state index in [1.165, 1.54) is 12.0 Å². The van der Waals surface area contributed by atoms with Crippen LogP contribution in [0.5, 0.6) is 0 Å². The summed E-state index contributed by atoms with van der Waals surface area (Å²) in [5.74, 6) is 0.146. The van der Waals surface area contributed by atoms with Gasteiger partial charge in [0.15, 0.2) is 0 Å². The highest BCUT2D eigenvalue weighted by atomic mass is 16.6. The van der Waals surface area contributed by atoms with Gasteiger partial charge >= 0.3 is 5.69 Å². The average Bonchev–Trinajstić information content (AvgIpc) is 2.89. The van der Waals surface area contributed by atoms with Crippen LogP contribution in [0.2, 0.25) is 0 Å². The third-order valence-electron chi connectivity index (χ3n) is 3.88. The number of hydrogen-bond acceptors (Lipinski definition) is 7. The molecule has 0 saturated carbocycles. The molecule has 2 aromatic rings. The normalized spacial score (nSPS) is 14.7. The van der Waals surface area contributed by atoms with Crippen molar-refractivity contribution in [3.8, 4) is 0 Å². The zero-order valence-electron chi connectivity index (χ0n) is 13.4. The van der Waals surface area contributed by atoms with Gasteiger partial charge in [-0.2, -0.15) is 5.10 Å².